The first kappa shape index (κ1) is 14.6. The van der Waals surface area contributed by atoms with Crippen molar-refractivity contribution in [1.29, 1.82) is 0 Å². The number of nitrogens with zero attached hydrogens (tertiary/aromatic N) is 4. The van der Waals surface area contributed by atoms with Gasteiger partial charge in [0, 0.05) is 5.56 Å². The Morgan fingerprint density at radius 2 is 1.78 bits per heavy atom. The number of benzene rings is 2. The fraction of sp³-hybridized carbons (Fsp3) is 0.0588. The van der Waals surface area contributed by atoms with Crippen LogP contribution in [-0.2, 0) is 4.79 Å². The lowest BCUT2D eigenvalue weighted by atomic mass is 10.1. The number of carboxylic acid groups (broad SMARTS) is 1. The van der Waals surface area contributed by atoms with E-state index in [4.69, 9.17) is 0 Å². The summed E-state index contributed by atoms with van der Waals surface area (Å²) < 4.78 is 1.23. The summed E-state index contributed by atoms with van der Waals surface area (Å²) >= 11 is 0. The molecule has 1 aromatic heterocycles. The number of tetrazole rings is 1. The molecule has 2 aromatic carbocycles. The highest BCUT2D eigenvalue weighted by molar-refractivity contribution is 6.14. The zero-order valence-corrected chi connectivity index (χ0v) is 12.4. The van der Waals surface area contributed by atoms with Gasteiger partial charge in [0.2, 0.25) is 0 Å². The quantitative estimate of drug-likeness (QED) is 0.750. The molecular formula is C17H14N4O2. The van der Waals surface area contributed by atoms with Crippen LogP contribution in [0.1, 0.15) is 11.1 Å². The lowest BCUT2D eigenvalue weighted by Gasteiger charge is -2.06. The number of aliphatic carboxylic acids is 1. The topological polar surface area (TPSA) is 80.9 Å². The molecule has 0 aliphatic rings. The number of aromatic nitrogens is 4. The first-order valence-corrected chi connectivity index (χ1v) is 7.01. The van der Waals surface area contributed by atoms with E-state index in [1.54, 1.807) is 6.08 Å². The van der Waals surface area contributed by atoms with Crippen LogP contribution in [0.5, 0.6) is 0 Å². The Morgan fingerprint density at radius 1 is 1.09 bits per heavy atom. The standard InChI is InChI=1S/C17H14N4O2/c1-12-7-9-13(10-8-12)11-15(17(22)23)21-16(18-19-20-21)14-5-3-2-4-6-14/h2-11H,1H3,(H,22,23)/b15-11+. The molecule has 0 amide bonds. The van der Waals surface area contributed by atoms with Crippen molar-refractivity contribution >= 4 is 17.7 Å². The van der Waals surface area contributed by atoms with E-state index in [9.17, 15) is 9.90 Å². The Labute approximate surface area is 132 Å². The maximum atomic E-state index is 11.7. The number of hydrogen-bond donors (Lipinski definition) is 1. The maximum absolute atomic E-state index is 11.7. The minimum atomic E-state index is -1.10. The van der Waals surface area contributed by atoms with E-state index in [1.165, 1.54) is 4.68 Å². The molecule has 0 unspecified atom stereocenters. The third-order valence-electron chi connectivity index (χ3n) is 3.33. The molecule has 0 atom stereocenters. The molecular weight excluding hydrogens is 292 g/mol. The Balaban J connectivity index is 2.09. The average molecular weight is 306 g/mol. The summed E-state index contributed by atoms with van der Waals surface area (Å²) in [5, 5.41) is 20.9. The molecule has 0 fully saturated rings. The molecule has 0 saturated carbocycles. The second-order valence-electron chi connectivity index (χ2n) is 5.03. The number of aryl methyl sites for hydroxylation is 1. The predicted molar refractivity (Wildman–Crippen MR) is 86.2 cm³/mol. The summed E-state index contributed by atoms with van der Waals surface area (Å²) in [5.41, 5.74) is 2.60. The molecule has 6 nitrogen and oxygen atoms in total. The normalized spacial score (nSPS) is 11.4. The van der Waals surface area contributed by atoms with Crippen LogP contribution in [0.4, 0.5) is 0 Å². The van der Waals surface area contributed by atoms with E-state index in [0.717, 1.165) is 16.7 Å². The van der Waals surface area contributed by atoms with Gasteiger partial charge in [0.25, 0.3) is 0 Å². The highest BCUT2D eigenvalue weighted by atomic mass is 16.4. The summed E-state index contributed by atoms with van der Waals surface area (Å²) in [7, 11) is 0. The Bertz CT molecular complexity index is 852. The lowest BCUT2D eigenvalue weighted by molar-refractivity contribution is -0.130. The van der Waals surface area contributed by atoms with E-state index >= 15 is 0 Å². The second kappa shape index (κ2) is 6.23. The van der Waals surface area contributed by atoms with E-state index in [1.807, 2.05) is 61.5 Å². The van der Waals surface area contributed by atoms with E-state index < -0.39 is 5.97 Å². The molecule has 0 radical (unpaired) electrons. The van der Waals surface area contributed by atoms with Crippen molar-refractivity contribution in [3.8, 4) is 11.4 Å². The third kappa shape index (κ3) is 3.16. The number of hydrogen-bond acceptors (Lipinski definition) is 4. The highest BCUT2D eigenvalue weighted by Gasteiger charge is 2.18. The first-order chi connectivity index (χ1) is 11.1. The molecule has 0 bridgehead atoms. The van der Waals surface area contributed by atoms with Crippen LogP contribution < -0.4 is 0 Å². The van der Waals surface area contributed by atoms with Gasteiger partial charge in [-0.05, 0) is 29.0 Å². The van der Waals surface area contributed by atoms with Gasteiger partial charge in [-0.2, -0.15) is 4.68 Å². The monoisotopic (exact) mass is 306 g/mol. The molecule has 3 aromatic rings. The van der Waals surface area contributed by atoms with Crippen LogP contribution in [0.15, 0.2) is 54.6 Å². The average Bonchev–Trinajstić information content (AvgIpc) is 3.04. The maximum Gasteiger partial charge on any atom is 0.354 e. The second-order valence-corrected chi connectivity index (χ2v) is 5.03. The minimum Gasteiger partial charge on any atom is -0.477 e. The molecule has 3 rings (SSSR count). The molecule has 0 saturated heterocycles. The van der Waals surface area contributed by atoms with Gasteiger partial charge in [0.15, 0.2) is 11.5 Å². The number of carboxylic acids is 1. The van der Waals surface area contributed by atoms with Crippen molar-refractivity contribution in [1.82, 2.24) is 20.2 Å². The molecule has 23 heavy (non-hydrogen) atoms. The Morgan fingerprint density at radius 3 is 2.43 bits per heavy atom. The minimum absolute atomic E-state index is 0.0160. The van der Waals surface area contributed by atoms with Gasteiger partial charge in [0.05, 0.1) is 0 Å². The smallest absolute Gasteiger partial charge is 0.354 e. The summed E-state index contributed by atoms with van der Waals surface area (Å²) in [4.78, 5) is 11.7. The van der Waals surface area contributed by atoms with Crippen molar-refractivity contribution in [3.63, 3.8) is 0 Å². The van der Waals surface area contributed by atoms with Crippen LogP contribution >= 0.6 is 0 Å². The molecule has 0 aliphatic heterocycles. The molecule has 0 spiro atoms. The third-order valence-corrected chi connectivity index (χ3v) is 3.33. The zero-order valence-electron chi connectivity index (χ0n) is 12.4. The van der Waals surface area contributed by atoms with Crippen molar-refractivity contribution < 1.29 is 9.90 Å². The van der Waals surface area contributed by atoms with Crippen molar-refractivity contribution in [2.24, 2.45) is 0 Å². The lowest BCUT2D eigenvalue weighted by Crippen LogP contribution is -2.11. The van der Waals surface area contributed by atoms with Crippen molar-refractivity contribution in [2.75, 3.05) is 0 Å². The van der Waals surface area contributed by atoms with Gasteiger partial charge in [0.1, 0.15) is 0 Å². The first-order valence-electron chi connectivity index (χ1n) is 7.01. The van der Waals surface area contributed by atoms with Crippen LogP contribution in [-0.4, -0.2) is 31.3 Å². The molecule has 0 aliphatic carbocycles. The van der Waals surface area contributed by atoms with Crippen molar-refractivity contribution in [3.05, 3.63) is 65.7 Å². The van der Waals surface area contributed by atoms with Crippen LogP contribution in [0, 0.1) is 6.92 Å². The summed E-state index contributed by atoms with van der Waals surface area (Å²) in [5.74, 6) is -0.721. The van der Waals surface area contributed by atoms with Gasteiger partial charge in [-0.1, -0.05) is 60.2 Å². The molecule has 6 heteroatoms. The van der Waals surface area contributed by atoms with Crippen LogP contribution in [0.25, 0.3) is 23.2 Å². The van der Waals surface area contributed by atoms with Crippen LogP contribution in [0.2, 0.25) is 0 Å². The molecule has 1 heterocycles. The predicted octanol–water partition coefficient (Wildman–Crippen LogP) is 2.73. The van der Waals surface area contributed by atoms with Gasteiger partial charge in [-0.25, -0.2) is 4.79 Å². The highest BCUT2D eigenvalue weighted by Crippen LogP contribution is 2.20. The summed E-state index contributed by atoms with van der Waals surface area (Å²) in [6, 6.07) is 16.8. The van der Waals surface area contributed by atoms with Gasteiger partial charge in [-0.3, -0.25) is 0 Å². The zero-order chi connectivity index (χ0) is 16.2. The number of carbonyl (C=O) groups is 1. The van der Waals surface area contributed by atoms with Gasteiger partial charge in [-0.15, -0.1) is 5.10 Å². The summed E-state index contributed by atoms with van der Waals surface area (Å²) in [6.07, 6.45) is 1.55. The Kier molecular flexibility index (Phi) is 3.97. The fourth-order valence-electron chi connectivity index (χ4n) is 2.15. The van der Waals surface area contributed by atoms with E-state index in [-0.39, 0.29) is 5.70 Å². The largest absolute Gasteiger partial charge is 0.477 e. The number of rotatable bonds is 4. The van der Waals surface area contributed by atoms with Crippen LogP contribution in [0.3, 0.4) is 0 Å². The van der Waals surface area contributed by atoms with E-state index in [0.29, 0.717) is 5.82 Å². The Hall–Kier alpha value is -3.28. The molecule has 1 N–H and O–H groups in total. The molecule has 114 valence electrons. The van der Waals surface area contributed by atoms with Crippen molar-refractivity contribution in [2.45, 2.75) is 6.92 Å². The van der Waals surface area contributed by atoms with Gasteiger partial charge >= 0.3 is 5.97 Å². The SMILES string of the molecule is Cc1ccc(/C=C(\C(=O)O)n2nnnc2-c2ccccc2)cc1. The fourth-order valence-corrected chi connectivity index (χ4v) is 2.15. The summed E-state index contributed by atoms with van der Waals surface area (Å²) in [6.45, 7) is 1.97. The van der Waals surface area contributed by atoms with E-state index in [2.05, 4.69) is 15.5 Å². The van der Waals surface area contributed by atoms with Gasteiger partial charge < -0.3 is 5.11 Å².